The molecule has 0 aliphatic heterocycles. The van der Waals surface area contributed by atoms with Crippen LogP contribution in [0.4, 0.5) is 10.1 Å². The molecule has 0 amide bonds. The third-order valence-electron chi connectivity index (χ3n) is 1.77. The first-order valence-electron chi connectivity index (χ1n) is 4.31. The van der Waals surface area contributed by atoms with Crippen LogP contribution in [0.25, 0.3) is 0 Å². The molecule has 1 heterocycles. The van der Waals surface area contributed by atoms with Crippen molar-refractivity contribution in [1.29, 1.82) is 0 Å². The number of thioether (sulfide) groups is 1. The maximum atomic E-state index is 13.0. The quantitative estimate of drug-likeness (QED) is 0.690. The van der Waals surface area contributed by atoms with Gasteiger partial charge in [0.05, 0.1) is 5.75 Å². The summed E-state index contributed by atoms with van der Waals surface area (Å²) in [4.78, 5) is 0.700. The summed E-state index contributed by atoms with van der Waals surface area (Å²) in [6.45, 7) is 0. The van der Waals surface area contributed by atoms with Gasteiger partial charge in [0, 0.05) is 10.6 Å². The van der Waals surface area contributed by atoms with Crippen molar-refractivity contribution in [3.8, 4) is 0 Å². The van der Waals surface area contributed by atoms with E-state index in [1.54, 1.807) is 6.07 Å². The molecule has 2 aromatic rings. The van der Waals surface area contributed by atoms with E-state index >= 15 is 0 Å². The van der Waals surface area contributed by atoms with Gasteiger partial charge < -0.3 is 5.73 Å². The van der Waals surface area contributed by atoms with E-state index in [1.807, 2.05) is 0 Å². The minimum absolute atomic E-state index is 0.299. The van der Waals surface area contributed by atoms with Crippen molar-refractivity contribution in [2.45, 2.75) is 10.6 Å². The molecule has 0 atom stereocenters. The zero-order chi connectivity index (χ0) is 11.5. The molecule has 0 radical (unpaired) electrons. The molecule has 0 bridgehead atoms. The molecule has 16 heavy (non-hydrogen) atoms. The normalized spacial score (nSPS) is 10.6. The molecule has 0 aliphatic carbocycles. The third kappa shape index (κ3) is 2.84. The summed E-state index contributed by atoms with van der Waals surface area (Å²) >= 11 is 8.37. The zero-order valence-corrected chi connectivity index (χ0v) is 10.4. The van der Waals surface area contributed by atoms with Gasteiger partial charge in [-0.25, -0.2) is 4.39 Å². The number of anilines is 1. The average molecular weight is 276 g/mol. The topological polar surface area (TPSA) is 51.8 Å². The number of benzene rings is 1. The predicted molar refractivity (Wildman–Crippen MR) is 65.3 cm³/mol. The Labute approximate surface area is 105 Å². The molecular weight excluding hydrogens is 269 g/mol. The number of hydrogen-bond acceptors (Lipinski definition) is 5. The lowest BCUT2D eigenvalue weighted by Gasteiger charge is -2.03. The van der Waals surface area contributed by atoms with Crippen molar-refractivity contribution >= 4 is 40.4 Å². The number of halogens is 2. The number of nitrogens with zero attached hydrogens (tertiary/aromatic N) is 2. The fourth-order valence-electron chi connectivity index (χ4n) is 1.06. The smallest absolute Gasteiger partial charge is 0.207 e. The summed E-state index contributed by atoms with van der Waals surface area (Å²) in [5, 5.41) is 8.34. The van der Waals surface area contributed by atoms with Crippen LogP contribution >= 0.6 is 34.7 Å². The molecule has 1 aromatic heterocycles. The van der Waals surface area contributed by atoms with Crippen LogP contribution in [0, 0.1) is 5.82 Å². The molecule has 84 valence electrons. The van der Waals surface area contributed by atoms with Gasteiger partial charge in [0.1, 0.15) is 10.8 Å². The van der Waals surface area contributed by atoms with Crippen LogP contribution in [0.5, 0.6) is 0 Å². The molecule has 0 spiro atoms. The van der Waals surface area contributed by atoms with Gasteiger partial charge in [-0.05, 0) is 29.8 Å². The molecule has 0 unspecified atom stereocenters. The van der Waals surface area contributed by atoms with E-state index < -0.39 is 0 Å². The summed E-state index contributed by atoms with van der Waals surface area (Å²) in [6.07, 6.45) is 0. The van der Waals surface area contributed by atoms with Gasteiger partial charge in [-0.3, -0.25) is 0 Å². The summed E-state index contributed by atoms with van der Waals surface area (Å²) in [5.41, 5.74) is 6.27. The molecule has 3 nitrogen and oxygen atoms in total. The Morgan fingerprint density at radius 2 is 2.25 bits per heavy atom. The van der Waals surface area contributed by atoms with Crippen molar-refractivity contribution in [1.82, 2.24) is 10.2 Å². The molecule has 1 aromatic carbocycles. The number of aromatic nitrogens is 2. The highest BCUT2D eigenvalue weighted by Gasteiger charge is 2.06. The number of nitrogen functional groups attached to an aromatic ring is 1. The van der Waals surface area contributed by atoms with E-state index in [0.717, 1.165) is 5.01 Å². The Kier molecular flexibility index (Phi) is 3.63. The zero-order valence-electron chi connectivity index (χ0n) is 7.98. The Morgan fingerprint density at radius 3 is 2.94 bits per heavy atom. The fourth-order valence-corrected chi connectivity index (χ4v) is 2.91. The van der Waals surface area contributed by atoms with Crippen LogP contribution in [-0.4, -0.2) is 10.2 Å². The minimum atomic E-state index is -0.299. The highest BCUT2D eigenvalue weighted by molar-refractivity contribution is 7.98. The predicted octanol–water partition coefficient (Wildman–Crippen LogP) is 3.21. The number of rotatable bonds is 3. The molecule has 0 fully saturated rings. The van der Waals surface area contributed by atoms with Crippen molar-refractivity contribution < 1.29 is 4.39 Å². The Hall–Kier alpha value is -0.850. The van der Waals surface area contributed by atoms with E-state index in [0.29, 0.717) is 20.8 Å². The van der Waals surface area contributed by atoms with Crippen LogP contribution in [0.3, 0.4) is 0 Å². The molecule has 2 N–H and O–H groups in total. The highest BCUT2D eigenvalue weighted by Crippen LogP contribution is 2.30. The Balaban J connectivity index is 2.07. The summed E-state index contributed by atoms with van der Waals surface area (Å²) < 4.78 is 13.4. The second kappa shape index (κ2) is 4.99. The highest BCUT2D eigenvalue weighted by atomic mass is 35.5. The Bertz CT molecular complexity index is 503. The van der Waals surface area contributed by atoms with E-state index in [9.17, 15) is 4.39 Å². The second-order valence-electron chi connectivity index (χ2n) is 2.92. The molecule has 2 rings (SSSR count). The van der Waals surface area contributed by atoms with Gasteiger partial charge in [-0.1, -0.05) is 11.3 Å². The summed E-state index contributed by atoms with van der Waals surface area (Å²) in [6, 6.07) is 4.29. The standard InChI is InChI=1S/C9H7ClFN3S2/c10-9-14-13-8(16-9)4-15-7-3-5(11)1-2-6(7)12/h1-3H,4,12H2. The van der Waals surface area contributed by atoms with Gasteiger partial charge in [-0.2, -0.15) is 0 Å². The summed E-state index contributed by atoms with van der Waals surface area (Å²) in [5.74, 6) is 0.282. The lowest BCUT2D eigenvalue weighted by Crippen LogP contribution is -1.90. The van der Waals surface area contributed by atoms with Gasteiger partial charge >= 0.3 is 0 Å². The van der Waals surface area contributed by atoms with E-state index in [1.165, 1.54) is 35.2 Å². The van der Waals surface area contributed by atoms with E-state index in [2.05, 4.69) is 10.2 Å². The average Bonchev–Trinajstić information content (AvgIpc) is 2.66. The molecule has 7 heteroatoms. The minimum Gasteiger partial charge on any atom is -0.398 e. The van der Waals surface area contributed by atoms with Crippen molar-refractivity contribution in [3.05, 3.63) is 33.5 Å². The van der Waals surface area contributed by atoms with Crippen molar-refractivity contribution in [2.75, 3.05) is 5.73 Å². The first-order chi connectivity index (χ1) is 7.65. The van der Waals surface area contributed by atoms with E-state index in [4.69, 9.17) is 17.3 Å². The van der Waals surface area contributed by atoms with Gasteiger partial charge in [0.15, 0.2) is 0 Å². The lowest BCUT2D eigenvalue weighted by molar-refractivity contribution is 0.624. The van der Waals surface area contributed by atoms with Crippen molar-refractivity contribution in [3.63, 3.8) is 0 Å². The molecule has 0 saturated heterocycles. The second-order valence-corrected chi connectivity index (χ2v) is 5.58. The van der Waals surface area contributed by atoms with Gasteiger partial charge in [0.25, 0.3) is 0 Å². The number of nitrogens with two attached hydrogens (primary N) is 1. The Morgan fingerprint density at radius 1 is 1.44 bits per heavy atom. The fraction of sp³-hybridized carbons (Fsp3) is 0.111. The van der Waals surface area contributed by atoms with Crippen LogP contribution in [0.1, 0.15) is 5.01 Å². The molecular formula is C9H7ClFN3S2. The maximum absolute atomic E-state index is 13.0. The lowest BCUT2D eigenvalue weighted by atomic mass is 10.3. The first-order valence-corrected chi connectivity index (χ1v) is 6.49. The van der Waals surface area contributed by atoms with Gasteiger partial charge in [0.2, 0.25) is 4.47 Å². The van der Waals surface area contributed by atoms with Crippen LogP contribution in [-0.2, 0) is 5.75 Å². The van der Waals surface area contributed by atoms with Crippen LogP contribution in [0.2, 0.25) is 4.47 Å². The molecule has 0 saturated carbocycles. The van der Waals surface area contributed by atoms with Crippen molar-refractivity contribution in [2.24, 2.45) is 0 Å². The summed E-state index contributed by atoms with van der Waals surface area (Å²) in [7, 11) is 0. The monoisotopic (exact) mass is 275 g/mol. The largest absolute Gasteiger partial charge is 0.398 e. The number of hydrogen-bond donors (Lipinski definition) is 1. The maximum Gasteiger partial charge on any atom is 0.207 e. The SMILES string of the molecule is Nc1ccc(F)cc1SCc1nnc(Cl)s1. The van der Waals surface area contributed by atoms with E-state index in [-0.39, 0.29) is 5.82 Å². The van der Waals surface area contributed by atoms with Crippen LogP contribution < -0.4 is 5.73 Å². The first kappa shape index (κ1) is 11.6. The molecule has 0 aliphatic rings. The third-order valence-corrected chi connectivity index (χ3v) is 4.05. The van der Waals surface area contributed by atoms with Crippen LogP contribution in [0.15, 0.2) is 23.1 Å². The van der Waals surface area contributed by atoms with Gasteiger partial charge in [-0.15, -0.1) is 22.0 Å².